The number of halogens is 4. The molecule has 4 unspecified atom stereocenters. The average molecular weight is 730 g/mol. The fourth-order valence-corrected chi connectivity index (χ4v) is 2.28. The van der Waals surface area contributed by atoms with Gasteiger partial charge in [-0.05, 0) is 24.3 Å². The van der Waals surface area contributed by atoms with E-state index in [1.54, 1.807) is 97.6 Å². The first-order valence-corrected chi connectivity index (χ1v) is 10.9. The molecule has 0 fully saturated rings. The van der Waals surface area contributed by atoms with Crippen LogP contribution < -0.4 is 69.9 Å². The fourth-order valence-electron chi connectivity index (χ4n) is 2.28. The Kier molecular flexibility index (Phi) is 35.6. The molecule has 0 aromatic carbocycles. The van der Waals surface area contributed by atoms with E-state index in [0.717, 1.165) is 0 Å². The van der Waals surface area contributed by atoms with Gasteiger partial charge in [0, 0.05) is 49.1 Å². The third-order valence-corrected chi connectivity index (χ3v) is 4.10. The van der Waals surface area contributed by atoms with Crippen molar-refractivity contribution < 1.29 is 96.1 Å². The molecule has 4 aromatic rings. The van der Waals surface area contributed by atoms with Crippen LogP contribution in [0.4, 0.5) is 23.3 Å². The molecule has 0 aliphatic rings. The minimum Gasteiger partial charge on any atom is -1.00 e. The summed E-state index contributed by atoms with van der Waals surface area (Å²) in [7, 11) is 6.01. The van der Waals surface area contributed by atoms with E-state index >= 15 is 0 Å². The van der Waals surface area contributed by atoms with E-state index in [-0.39, 0.29) is 96.1 Å². The van der Waals surface area contributed by atoms with Gasteiger partial charge in [-0.3, -0.25) is 0 Å². The molecule has 4 rings (SSSR count). The maximum atomic E-state index is 10.6. The molecule has 4 atom stereocenters. The van der Waals surface area contributed by atoms with Gasteiger partial charge < -0.3 is 90.7 Å². The van der Waals surface area contributed by atoms with E-state index in [4.69, 9.17) is 0 Å². The molecular weight excluding hydrogens is 697 g/mol. The van der Waals surface area contributed by atoms with E-state index in [0.29, 0.717) is 23.3 Å². The van der Waals surface area contributed by atoms with Crippen molar-refractivity contribution in [3.8, 4) is 0 Å². The molecule has 0 spiro atoms. The molecule has 4 heterocycles. The van der Waals surface area contributed by atoms with Crippen LogP contribution in [0, 0.1) is 20.8 Å². The number of pyridine rings is 4. The molecular formula is C24H32Cl4N8O4Zr. The molecule has 0 saturated carbocycles. The van der Waals surface area contributed by atoms with E-state index in [9.17, 15) is 20.8 Å². The number of hydroxylamine groups is 4. The maximum Gasteiger partial charge on any atom is 4.00 e. The largest absolute Gasteiger partial charge is 4.00 e. The van der Waals surface area contributed by atoms with E-state index in [1.807, 2.05) is 0 Å². The number of hydrogen-bond acceptors (Lipinski definition) is 8. The Hall–Kier alpha value is -1.68. The number of hydrogen-bond donors (Lipinski definition) is 4. The smallest absolute Gasteiger partial charge is 1.00 e. The van der Waals surface area contributed by atoms with Crippen molar-refractivity contribution in [3.05, 3.63) is 118 Å². The molecule has 17 heteroatoms. The summed E-state index contributed by atoms with van der Waals surface area (Å²) in [6.07, 6.45) is 6.43. The number of nitrogens with one attached hydrogen (secondary N) is 4. The van der Waals surface area contributed by atoms with Crippen LogP contribution in [-0.4, -0.2) is 48.1 Å². The second kappa shape index (κ2) is 29.8. The zero-order valence-corrected chi connectivity index (χ0v) is 28.2. The first-order chi connectivity index (χ1) is 17.2. The standard InChI is InChI=1S/4C6H8N2O.4ClH.Zr/c4*1-8(9)6-4-2-3-5-7-6;;;;;/h4*2-5,8H,1H3;4*1H;/q;;;;;;;;+4/p-4. The summed E-state index contributed by atoms with van der Waals surface area (Å²) in [5.41, 5.74) is 0. The minimum absolute atomic E-state index is 0. The van der Waals surface area contributed by atoms with Crippen molar-refractivity contribution in [2.45, 2.75) is 0 Å². The van der Waals surface area contributed by atoms with Crippen LogP contribution in [0.3, 0.4) is 0 Å². The summed E-state index contributed by atoms with van der Waals surface area (Å²) in [6.45, 7) is 0. The van der Waals surface area contributed by atoms with Gasteiger partial charge in [-0.2, -0.15) is 0 Å². The first kappa shape index (κ1) is 49.0. The number of rotatable bonds is 4. The molecule has 224 valence electrons. The Morgan fingerprint density at radius 2 is 0.561 bits per heavy atom. The molecule has 0 aliphatic heterocycles. The Morgan fingerprint density at radius 1 is 0.390 bits per heavy atom. The van der Waals surface area contributed by atoms with E-state index < -0.39 is 0 Å². The molecule has 0 amide bonds. The van der Waals surface area contributed by atoms with Crippen LogP contribution in [0.1, 0.15) is 0 Å². The first-order valence-electron chi connectivity index (χ1n) is 10.9. The predicted molar refractivity (Wildman–Crippen MR) is 137 cm³/mol. The molecule has 41 heavy (non-hydrogen) atoms. The molecule has 0 saturated heterocycles. The molecule has 0 radical (unpaired) electrons. The molecule has 4 N–H and O–H groups in total. The fraction of sp³-hybridized carbons (Fsp3) is 0.167. The number of aromatic nitrogens is 4. The second-order valence-corrected chi connectivity index (χ2v) is 7.08. The number of nitrogens with zero attached hydrogens (tertiary/aromatic N) is 4. The van der Waals surface area contributed by atoms with Gasteiger partial charge in [0.15, 0.2) is 0 Å². The Bertz CT molecular complexity index is 894. The molecule has 4 aromatic heterocycles. The van der Waals surface area contributed by atoms with Gasteiger partial charge in [0.2, 0.25) is 23.3 Å². The molecule has 12 nitrogen and oxygen atoms in total. The molecule has 0 aliphatic carbocycles. The van der Waals surface area contributed by atoms with Crippen molar-refractivity contribution in [1.29, 1.82) is 0 Å². The van der Waals surface area contributed by atoms with Crippen LogP contribution in [-0.2, 0) is 26.2 Å². The van der Waals surface area contributed by atoms with Gasteiger partial charge >= 0.3 is 26.2 Å². The summed E-state index contributed by atoms with van der Waals surface area (Å²) >= 11 is 0. The normalized spacial score (nSPS) is 11.5. The molecule has 0 bridgehead atoms. The van der Waals surface area contributed by atoms with Crippen molar-refractivity contribution in [2.75, 3.05) is 28.2 Å². The topological polar surface area (TPSA) is 162 Å². The third-order valence-electron chi connectivity index (χ3n) is 4.10. The Morgan fingerprint density at radius 3 is 0.634 bits per heavy atom. The maximum absolute atomic E-state index is 10.6. The summed E-state index contributed by atoms with van der Waals surface area (Å²) in [5, 5.41) is 42.4. The summed E-state index contributed by atoms with van der Waals surface area (Å²) in [5.74, 6) is 2.10. The Balaban J connectivity index is -0.000000135. The average Bonchev–Trinajstić information content (AvgIpc) is 2.92. The third kappa shape index (κ3) is 23.6. The SMILES string of the molecule is C[NH+]([O-])c1ccccn1.C[NH+]([O-])c1ccccn1.C[NH+]([O-])c1ccccn1.C[NH+]([O-])c1ccccn1.[Cl-].[Cl-].[Cl-].[Cl-].[Zr+4]. The van der Waals surface area contributed by atoms with E-state index in [2.05, 4.69) is 19.9 Å². The van der Waals surface area contributed by atoms with Gasteiger partial charge in [0.05, 0.1) is 28.2 Å². The van der Waals surface area contributed by atoms with Crippen LogP contribution in [0.2, 0.25) is 0 Å². The van der Waals surface area contributed by atoms with Crippen molar-refractivity contribution >= 4 is 23.3 Å². The quantitative estimate of drug-likeness (QED) is 0.151. The van der Waals surface area contributed by atoms with Crippen molar-refractivity contribution in [2.24, 2.45) is 0 Å². The summed E-state index contributed by atoms with van der Waals surface area (Å²) < 4.78 is 0. The van der Waals surface area contributed by atoms with Crippen LogP contribution >= 0.6 is 0 Å². The van der Waals surface area contributed by atoms with Gasteiger partial charge in [0.1, 0.15) is 0 Å². The van der Waals surface area contributed by atoms with Crippen molar-refractivity contribution in [1.82, 2.24) is 19.9 Å². The zero-order chi connectivity index (χ0) is 26.8. The van der Waals surface area contributed by atoms with Crippen LogP contribution in [0.15, 0.2) is 97.6 Å². The summed E-state index contributed by atoms with van der Waals surface area (Å²) in [6, 6.07) is 21.1. The Labute approximate surface area is 284 Å². The van der Waals surface area contributed by atoms with Gasteiger partial charge in [-0.15, -0.1) is 0 Å². The van der Waals surface area contributed by atoms with Gasteiger partial charge in [-0.25, -0.2) is 19.9 Å². The summed E-state index contributed by atoms with van der Waals surface area (Å²) in [4.78, 5) is 15.3. The second-order valence-electron chi connectivity index (χ2n) is 7.08. The minimum atomic E-state index is 0. The van der Waals surface area contributed by atoms with Crippen LogP contribution in [0.25, 0.3) is 0 Å². The van der Waals surface area contributed by atoms with Gasteiger partial charge in [0.25, 0.3) is 0 Å². The van der Waals surface area contributed by atoms with Crippen LogP contribution in [0.5, 0.6) is 0 Å². The van der Waals surface area contributed by atoms with Crippen molar-refractivity contribution in [3.63, 3.8) is 0 Å². The number of quaternary nitrogens is 4. The monoisotopic (exact) mass is 726 g/mol. The van der Waals surface area contributed by atoms with E-state index in [1.165, 1.54) is 28.2 Å². The van der Waals surface area contributed by atoms with Gasteiger partial charge in [-0.1, -0.05) is 24.3 Å². The zero-order valence-electron chi connectivity index (χ0n) is 22.7. The predicted octanol–water partition coefficient (Wildman–Crippen LogP) is -13.1.